The zero-order valence-corrected chi connectivity index (χ0v) is 28.1. The van der Waals surface area contributed by atoms with E-state index in [2.05, 4.69) is 19.1 Å². The van der Waals surface area contributed by atoms with Crippen molar-refractivity contribution in [1.82, 2.24) is 0 Å². The molecule has 0 saturated carbocycles. The van der Waals surface area contributed by atoms with Crippen molar-refractivity contribution < 1.29 is 34.7 Å². The Kier molecular flexibility index (Phi) is 21.2. The molecule has 2 aliphatic heterocycles. The van der Waals surface area contributed by atoms with Gasteiger partial charge in [0.25, 0.3) is 0 Å². The third-order valence-electron chi connectivity index (χ3n) is 9.29. The van der Waals surface area contributed by atoms with Gasteiger partial charge in [-0.05, 0) is 83.6 Å². The number of hydrogen-bond donors (Lipinski definition) is 4. The minimum atomic E-state index is -0.704. The van der Waals surface area contributed by atoms with Crippen molar-refractivity contribution in [1.29, 1.82) is 0 Å². The zero-order chi connectivity index (χ0) is 32.0. The van der Waals surface area contributed by atoms with Gasteiger partial charge in [-0.25, -0.2) is 4.79 Å². The number of rotatable bonds is 27. The fourth-order valence-electron chi connectivity index (χ4n) is 6.46. The van der Waals surface area contributed by atoms with Crippen LogP contribution in [0.5, 0.6) is 0 Å². The second-order valence-corrected chi connectivity index (χ2v) is 13.5. The number of unbranched alkanes of at least 4 members (excludes halogenated alkanes) is 11. The molecular formula is C37H66O7. The summed E-state index contributed by atoms with van der Waals surface area (Å²) in [5.74, 6) is -0.309. The van der Waals surface area contributed by atoms with Gasteiger partial charge in [0.2, 0.25) is 0 Å². The Balaban J connectivity index is 1.40. The lowest BCUT2D eigenvalue weighted by molar-refractivity contribution is -0.139. The average Bonchev–Trinajstić information content (AvgIpc) is 3.60. The monoisotopic (exact) mass is 622 g/mol. The summed E-state index contributed by atoms with van der Waals surface area (Å²) in [6.45, 7) is 4.05. The van der Waals surface area contributed by atoms with Gasteiger partial charge < -0.3 is 29.9 Å². The van der Waals surface area contributed by atoms with Crippen molar-refractivity contribution in [2.45, 2.75) is 204 Å². The van der Waals surface area contributed by atoms with Crippen LogP contribution in [0.15, 0.2) is 23.8 Å². The fraction of sp³-hybridized carbons (Fsp3) is 0.865. The van der Waals surface area contributed by atoms with E-state index < -0.39 is 18.3 Å². The van der Waals surface area contributed by atoms with E-state index in [-0.39, 0.29) is 30.4 Å². The van der Waals surface area contributed by atoms with Crippen molar-refractivity contribution in [2.75, 3.05) is 0 Å². The first-order valence-corrected chi connectivity index (χ1v) is 18.2. The number of aliphatic hydroxyl groups is 4. The summed E-state index contributed by atoms with van der Waals surface area (Å²) in [7, 11) is 0. The van der Waals surface area contributed by atoms with E-state index in [1.165, 1.54) is 51.4 Å². The Labute approximate surface area is 268 Å². The Morgan fingerprint density at radius 2 is 1.36 bits per heavy atom. The molecule has 7 atom stereocenters. The number of cyclic esters (lactones) is 1. The van der Waals surface area contributed by atoms with Gasteiger partial charge in [-0.15, -0.1) is 0 Å². The third-order valence-corrected chi connectivity index (χ3v) is 9.29. The molecule has 7 heteroatoms. The summed E-state index contributed by atoms with van der Waals surface area (Å²) in [5.41, 5.74) is 0.583. The van der Waals surface area contributed by atoms with E-state index in [1.54, 1.807) is 6.08 Å². The molecule has 0 aliphatic carbocycles. The van der Waals surface area contributed by atoms with E-state index >= 15 is 0 Å². The summed E-state index contributed by atoms with van der Waals surface area (Å²) in [6, 6.07) is 0. The second-order valence-electron chi connectivity index (χ2n) is 13.5. The molecule has 2 rings (SSSR count). The Bertz CT molecular complexity index is 797. The Hall–Kier alpha value is -1.25. The topological polar surface area (TPSA) is 116 Å². The summed E-state index contributed by atoms with van der Waals surface area (Å²) in [6.07, 6.45) is 26.4. The highest BCUT2D eigenvalue weighted by molar-refractivity contribution is 5.90. The molecule has 0 radical (unpaired) electrons. The maximum Gasteiger partial charge on any atom is 0.334 e. The maximum absolute atomic E-state index is 11.7. The van der Waals surface area contributed by atoms with E-state index in [0.29, 0.717) is 31.3 Å². The molecule has 0 spiro atoms. The number of esters is 1. The highest BCUT2D eigenvalue weighted by Crippen LogP contribution is 2.28. The van der Waals surface area contributed by atoms with Crippen LogP contribution in [0.1, 0.15) is 162 Å². The Morgan fingerprint density at radius 3 is 2.02 bits per heavy atom. The standard InChI is InChI=1S/C37H66O7/c1-3-4-5-6-7-8-9-10-11-14-18-23-35(41)36-26-25-32(44-36)21-19-24-34(40)33(39)22-17-15-12-13-16-20-31(38)28-30-27-29(2)43-37(30)42/h6-7,27,29,31-36,38-41H,3-5,8-26,28H2,1-2H3/b7-6+/t29-,31+,32-,33+,34+,35-,36+/m0/s1. The van der Waals surface area contributed by atoms with Crippen LogP contribution in [-0.4, -0.2) is 69.1 Å². The maximum atomic E-state index is 11.7. The second kappa shape index (κ2) is 24.0. The van der Waals surface area contributed by atoms with Gasteiger partial charge in [-0.2, -0.15) is 0 Å². The summed E-state index contributed by atoms with van der Waals surface area (Å²) in [5, 5.41) is 41.6. The lowest BCUT2D eigenvalue weighted by atomic mass is 9.98. The molecule has 256 valence electrons. The van der Waals surface area contributed by atoms with Crippen LogP contribution >= 0.6 is 0 Å². The van der Waals surface area contributed by atoms with Crippen molar-refractivity contribution in [3.05, 3.63) is 23.8 Å². The average molecular weight is 623 g/mol. The van der Waals surface area contributed by atoms with Gasteiger partial charge in [0.05, 0.1) is 36.6 Å². The molecule has 0 aromatic rings. The normalized spacial score (nSPS) is 23.2. The highest BCUT2D eigenvalue weighted by Gasteiger charge is 2.30. The first-order chi connectivity index (χ1) is 21.3. The van der Waals surface area contributed by atoms with Gasteiger partial charge in [0.1, 0.15) is 6.10 Å². The molecule has 0 aromatic carbocycles. The van der Waals surface area contributed by atoms with Crippen LogP contribution < -0.4 is 0 Å². The van der Waals surface area contributed by atoms with Crippen LogP contribution in [-0.2, 0) is 14.3 Å². The first-order valence-electron chi connectivity index (χ1n) is 18.2. The zero-order valence-electron chi connectivity index (χ0n) is 28.1. The van der Waals surface area contributed by atoms with Crippen molar-refractivity contribution >= 4 is 5.97 Å². The Morgan fingerprint density at radius 1 is 0.773 bits per heavy atom. The van der Waals surface area contributed by atoms with Crippen LogP contribution in [0.25, 0.3) is 0 Å². The molecule has 2 heterocycles. The molecule has 44 heavy (non-hydrogen) atoms. The van der Waals surface area contributed by atoms with Gasteiger partial charge in [0, 0.05) is 12.0 Å². The molecule has 0 aromatic heterocycles. The molecule has 7 nitrogen and oxygen atoms in total. The quantitative estimate of drug-likeness (QED) is 0.0423. The van der Waals surface area contributed by atoms with Gasteiger partial charge >= 0.3 is 5.97 Å². The van der Waals surface area contributed by atoms with E-state index in [4.69, 9.17) is 9.47 Å². The summed E-state index contributed by atoms with van der Waals surface area (Å²) >= 11 is 0. The predicted octanol–water partition coefficient (Wildman–Crippen LogP) is 7.62. The number of carbonyl (C=O) groups excluding carboxylic acids is 1. The van der Waals surface area contributed by atoms with Crippen molar-refractivity contribution in [3.8, 4) is 0 Å². The minimum absolute atomic E-state index is 0.0562. The third kappa shape index (κ3) is 17.4. The van der Waals surface area contributed by atoms with Crippen LogP contribution in [0.4, 0.5) is 0 Å². The summed E-state index contributed by atoms with van der Waals surface area (Å²) < 4.78 is 11.2. The molecule has 4 N–H and O–H groups in total. The highest BCUT2D eigenvalue weighted by atomic mass is 16.5. The van der Waals surface area contributed by atoms with Gasteiger partial charge in [-0.1, -0.05) is 89.7 Å². The van der Waals surface area contributed by atoms with Gasteiger partial charge in [-0.3, -0.25) is 0 Å². The summed E-state index contributed by atoms with van der Waals surface area (Å²) in [4.78, 5) is 11.7. The number of allylic oxidation sites excluding steroid dienone is 2. The lowest BCUT2D eigenvalue weighted by Gasteiger charge is -2.20. The largest absolute Gasteiger partial charge is 0.455 e. The smallest absolute Gasteiger partial charge is 0.334 e. The molecule has 2 aliphatic rings. The van der Waals surface area contributed by atoms with E-state index in [0.717, 1.165) is 70.6 Å². The lowest BCUT2D eigenvalue weighted by Crippen LogP contribution is -2.27. The number of hydrogen-bond acceptors (Lipinski definition) is 7. The van der Waals surface area contributed by atoms with E-state index in [1.807, 2.05) is 6.92 Å². The fourth-order valence-corrected chi connectivity index (χ4v) is 6.46. The molecule has 0 unspecified atom stereocenters. The molecule has 1 fully saturated rings. The molecule has 0 bridgehead atoms. The van der Waals surface area contributed by atoms with Crippen LogP contribution in [0.3, 0.4) is 0 Å². The van der Waals surface area contributed by atoms with Crippen molar-refractivity contribution in [2.24, 2.45) is 0 Å². The van der Waals surface area contributed by atoms with Crippen LogP contribution in [0.2, 0.25) is 0 Å². The minimum Gasteiger partial charge on any atom is -0.455 e. The first kappa shape index (κ1) is 38.9. The molecular weight excluding hydrogens is 556 g/mol. The van der Waals surface area contributed by atoms with Gasteiger partial charge in [0.15, 0.2) is 0 Å². The van der Waals surface area contributed by atoms with Crippen LogP contribution in [0, 0.1) is 0 Å². The predicted molar refractivity (Wildman–Crippen MR) is 177 cm³/mol. The number of carbonyl (C=O) groups is 1. The number of ether oxygens (including phenoxy) is 2. The van der Waals surface area contributed by atoms with Crippen molar-refractivity contribution in [3.63, 3.8) is 0 Å². The molecule has 0 amide bonds. The SMILES string of the molecule is CCCC/C=C/CCCCCCC[C@H](O)[C@H]1CC[C@H](CCC[C@@H](O)[C@H](O)CCCCCCC[C@@H](O)CC2=C[C@H](C)OC2=O)O1. The molecule has 1 saturated heterocycles. The van der Waals surface area contributed by atoms with E-state index in [9.17, 15) is 25.2 Å². The number of aliphatic hydroxyl groups excluding tert-OH is 4.